The van der Waals surface area contributed by atoms with Crippen LogP contribution in [0.15, 0.2) is 32.5 Å². The number of aliphatic hydroxyl groups excluding tert-OH is 1. The van der Waals surface area contributed by atoms with Crippen LogP contribution in [-0.2, 0) is 83.1 Å². The number of aliphatic carboxylic acids is 2. The maximum absolute atomic E-state index is 14.6. The largest absolute Gasteiger partial charge is 0.481 e. The fourth-order valence-corrected chi connectivity index (χ4v) is 13.0. The number of hydrogen-bond donors (Lipinski definition) is 29. The van der Waals surface area contributed by atoms with Gasteiger partial charge in [-0.2, -0.15) is 12.6 Å². The second-order valence-electron chi connectivity index (χ2n) is 29.4. The van der Waals surface area contributed by atoms with Crippen LogP contribution < -0.4 is 132 Å². The molecule has 2 saturated heterocycles. The van der Waals surface area contributed by atoms with Gasteiger partial charge in [0.15, 0.2) is 23.8 Å². The summed E-state index contributed by atoms with van der Waals surface area (Å²) in [4.78, 5) is 244. The zero-order valence-corrected chi connectivity index (χ0v) is 70.4. The number of guanidine groups is 4. The molecule has 2 aliphatic rings. The Morgan fingerprint density at radius 1 is 0.472 bits per heavy atom. The molecule has 0 aliphatic carbocycles. The highest BCUT2D eigenvalue weighted by Gasteiger charge is 2.40. The van der Waals surface area contributed by atoms with E-state index in [0.717, 1.165) is 13.3 Å². The van der Waals surface area contributed by atoms with Crippen molar-refractivity contribution in [3.05, 3.63) is 18.2 Å². The van der Waals surface area contributed by atoms with E-state index in [0.29, 0.717) is 38.6 Å². The van der Waals surface area contributed by atoms with Crippen molar-refractivity contribution < 1.29 is 92.0 Å². The molecule has 15 atom stereocenters. The molecular formula is C72H127N31O19S. The molecule has 1 aromatic heterocycles. The number of aliphatic imine (C=N–C) groups is 4. The highest BCUT2D eigenvalue weighted by atomic mass is 32.1. The Balaban J connectivity index is 1.87. The number of aliphatic hydroxyl groups is 1. The maximum Gasteiger partial charge on any atom is 0.326 e. The van der Waals surface area contributed by atoms with Gasteiger partial charge in [0.2, 0.25) is 82.7 Å². The van der Waals surface area contributed by atoms with Gasteiger partial charge < -0.3 is 157 Å². The van der Waals surface area contributed by atoms with E-state index in [2.05, 4.69) is 117 Å². The van der Waals surface area contributed by atoms with Gasteiger partial charge in [-0.25, -0.2) is 9.78 Å². The Bertz CT molecular complexity index is 3780. The normalized spacial score (nSPS) is 16.6. The molecule has 0 bridgehead atoms. The van der Waals surface area contributed by atoms with Crippen LogP contribution in [0.2, 0.25) is 0 Å². The molecule has 3 heterocycles. The molecule has 0 radical (unpaired) electrons. The zero-order valence-electron chi connectivity index (χ0n) is 69.5. The summed E-state index contributed by atoms with van der Waals surface area (Å²) in [6.45, 7) is 3.99. The van der Waals surface area contributed by atoms with Gasteiger partial charge in [-0.15, -0.1) is 0 Å². The first kappa shape index (κ1) is 105. The topological polar surface area (TPSA) is 844 Å². The Kier molecular flexibility index (Phi) is 48.4. The van der Waals surface area contributed by atoms with Gasteiger partial charge >= 0.3 is 11.9 Å². The van der Waals surface area contributed by atoms with Crippen molar-refractivity contribution in [2.24, 2.45) is 77.3 Å². The second kappa shape index (κ2) is 56.6. The molecule has 14 amide bonds. The van der Waals surface area contributed by atoms with E-state index >= 15 is 0 Å². The standard InChI is InChI=1S/C72H127N31O19S/c1-37(92-65(118)50(35-123)101-62(115)43(14-4-6-24-73)95-60(113)46(19-11-29-87-71(79)80)97-66(119)51-21-13-31-103(51)52(105)34-89-57(110)42(17-9-27-85-69(75)76)94-58(111)41-16-8-26-84-41)55(108)93-45(18-10-28-86-70(77)78)59(112)96-44(15-5-7-25-74)63(116)102-54(39(3)104)67(120)98-47(20-12-30-88-72(81)82)61(114)100-49(32-40-33-83-36-90-40)64(117)91-38(2)56(109)99-48(68(121)122)22-23-53(106)107/h33,36-39,41-51,54,84,104,123H,4-32,34-35,73-74H2,1-3H3,(H,83,90)(H,89,110)(H,91,117)(H,92,118)(H,93,108)(H,94,111)(H,95,113)(H,96,112)(H,97,119)(H,98,120)(H,99,109)(H,100,114)(H,101,115)(H,102,116)(H,106,107)(H,121,122)(H4,75,76,85)(H4,77,78,86)(H4,79,80,87)(H4,81,82,88)/t37-,38-,39+,41-,42-,43-,44-,45-,46-,47-,48-,49-,50-,51-,54-/m0/s1. The molecule has 51 heteroatoms. The van der Waals surface area contributed by atoms with E-state index < -0.39 is 210 Å². The van der Waals surface area contributed by atoms with E-state index in [-0.39, 0.29) is 159 Å². The minimum atomic E-state index is -1.90. The van der Waals surface area contributed by atoms with Crippen LogP contribution in [0, 0.1) is 0 Å². The van der Waals surface area contributed by atoms with Crippen molar-refractivity contribution >= 4 is 131 Å². The predicted molar refractivity (Wildman–Crippen MR) is 451 cm³/mol. The van der Waals surface area contributed by atoms with Gasteiger partial charge in [0.25, 0.3) is 0 Å². The van der Waals surface area contributed by atoms with Crippen molar-refractivity contribution in [3.8, 4) is 0 Å². The number of carbonyl (C=O) groups is 16. The van der Waals surface area contributed by atoms with E-state index in [1.807, 2.05) is 0 Å². The number of amides is 14. The summed E-state index contributed by atoms with van der Waals surface area (Å²) in [6.07, 6.45) is 2.05. The molecular weight excluding hydrogens is 1640 g/mol. The van der Waals surface area contributed by atoms with Crippen LogP contribution in [0.25, 0.3) is 0 Å². The quantitative estimate of drug-likeness (QED) is 0.0125. The molecule has 0 unspecified atom stereocenters. The number of likely N-dealkylation sites (tertiary alicyclic amines) is 1. The van der Waals surface area contributed by atoms with Crippen LogP contribution >= 0.6 is 12.6 Å². The number of imidazole rings is 1. The molecule has 1 aromatic rings. The smallest absolute Gasteiger partial charge is 0.326 e. The number of aromatic amines is 1. The lowest BCUT2D eigenvalue weighted by Crippen LogP contribution is -2.62. The Morgan fingerprint density at radius 3 is 1.28 bits per heavy atom. The number of carboxylic acid groups (broad SMARTS) is 2. The van der Waals surface area contributed by atoms with E-state index in [1.165, 1.54) is 31.3 Å². The van der Waals surface area contributed by atoms with Crippen LogP contribution in [0.4, 0.5) is 0 Å². The van der Waals surface area contributed by atoms with Gasteiger partial charge in [-0.1, -0.05) is 0 Å². The number of nitrogens with one attached hydrogen (secondary N) is 15. The van der Waals surface area contributed by atoms with Crippen LogP contribution in [0.1, 0.15) is 155 Å². The highest BCUT2D eigenvalue weighted by molar-refractivity contribution is 7.80. The third-order valence-corrected chi connectivity index (χ3v) is 19.8. The molecule has 2 aliphatic heterocycles. The summed E-state index contributed by atoms with van der Waals surface area (Å²) < 4.78 is 0. The monoisotopic (exact) mass is 1760 g/mol. The summed E-state index contributed by atoms with van der Waals surface area (Å²) in [6, 6.07) is -19.9. The number of thiol groups is 1. The third kappa shape index (κ3) is 40.5. The molecule has 0 aromatic carbocycles. The molecule has 2 fully saturated rings. The predicted octanol–water partition coefficient (Wildman–Crippen LogP) is -11.6. The molecule has 0 saturated carbocycles. The number of H-pyrrole nitrogens is 1. The summed E-state index contributed by atoms with van der Waals surface area (Å²) in [5.41, 5.74) is 56.2. The number of carboxylic acids is 2. The molecule has 690 valence electrons. The molecule has 50 nitrogen and oxygen atoms in total. The summed E-state index contributed by atoms with van der Waals surface area (Å²) in [7, 11) is 0. The third-order valence-electron chi connectivity index (χ3n) is 19.4. The molecule has 3 rings (SSSR count). The van der Waals surface area contributed by atoms with Crippen LogP contribution in [0.3, 0.4) is 0 Å². The van der Waals surface area contributed by atoms with Gasteiger partial charge in [-0.05, 0) is 162 Å². The van der Waals surface area contributed by atoms with Crippen molar-refractivity contribution in [2.75, 3.05) is 64.7 Å². The first-order valence-corrected chi connectivity index (χ1v) is 41.2. The van der Waals surface area contributed by atoms with Crippen LogP contribution in [-0.4, -0.2) is 304 Å². The SMILES string of the molecule is C[C@H](NC(=O)[C@H](CS)NC(=O)[C@H](CCCCN)NC(=O)[C@H](CCCN=C(N)N)NC(=O)[C@@H]1CCCN1C(=O)CNC(=O)[C@H](CCCN=C(N)N)NC(=O)[C@@H]1CCCN1)C(=O)N[C@@H](CCCN=C(N)N)C(=O)N[C@@H](CCCCN)C(=O)N[C@H](C(=O)N[C@@H](CCCN=C(N)N)C(=O)N[C@@H](Cc1cnc[nH]1)C(=O)N[C@@H](C)C(=O)N[C@@H](CCC(=O)O)C(=O)O)[C@@H](C)O. The lowest BCUT2D eigenvalue weighted by molar-refractivity contribution is -0.143. The average Bonchev–Trinajstić information content (AvgIpc) is 1.70. The number of carbonyl (C=O) groups excluding carboxylic acids is 14. The van der Waals surface area contributed by atoms with E-state index in [9.17, 15) is 86.9 Å². The molecule has 0 spiro atoms. The number of unbranched alkanes of at least 4 members (excludes halogenated alkanes) is 2. The molecule has 38 N–H and O–H groups in total. The summed E-state index contributed by atoms with van der Waals surface area (Å²) in [5, 5.41) is 65.7. The molecule has 123 heavy (non-hydrogen) atoms. The van der Waals surface area contributed by atoms with Crippen molar-refractivity contribution in [3.63, 3.8) is 0 Å². The number of hydrogen-bond acceptors (Lipinski definition) is 26. The summed E-state index contributed by atoms with van der Waals surface area (Å²) >= 11 is 4.31. The van der Waals surface area contributed by atoms with Gasteiger partial charge in [0.1, 0.15) is 78.5 Å². The first-order chi connectivity index (χ1) is 58.3. The van der Waals surface area contributed by atoms with Gasteiger partial charge in [0, 0.05) is 63.2 Å². The number of rotatable bonds is 59. The van der Waals surface area contributed by atoms with Crippen molar-refractivity contribution in [1.29, 1.82) is 0 Å². The maximum atomic E-state index is 14.6. The van der Waals surface area contributed by atoms with Crippen molar-refractivity contribution in [1.82, 2.24) is 89.3 Å². The lowest BCUT2D eigenvalue weighted by atomic mass is 10.0. The highest BCUT2D eigenvalue weighted by Crippen LogP contribution is 2.20. The van der Waals surface area contributed by atoms with Crippen molar-refractivity contribution in [2.45, 2.75) is 246 Å². The Morgan fingerprint density at radius 2 is 0.870 bits per heavy atom. The second-order valence-corrected chi connectivity index (χ2v) is 29.8. The minimum Gasteiger partial charge on any atom is -0.481 e. The van der Waals surface area contributed by atoms with E-state index in [4.69, 9.17) is 62.4 Å². The Labute approximate surface area is 716 Å². The fourth-order valence-electron chi connectivity index (χ4n) is 12.7. The number of aromatic nitrogens is 2. The number of nitrogens with two attached hydrogens (primary N) is 10. The fraction of sp³-hybridized carbons (Fsp3) is 0.681. The van der Waals surface area contributed by atoms with Gasteiger partial charge in [-0.3, -0.25) is 91.9 Å². The Hall–Kier alpha value is -12.0. The number of nitrogens with zero attached hydrogens (tertiary/aromatic N) is 6. The minimum absolute atomic E-state index is 0.00196. The first-order valence-electron chi connectivity index (χ1n) is 40.6. The zero-order chi connectivity index (χ0) is 91.8. The average molecular weight is 1760 g/mol. The van der Waals surface area contributed by atoms with Crippen LogP contribution in [0.5, 0.6) is 0 Å². The lowest BCUT2D eigenvalue weighted by Gasteiger charge is -2.29. The van der Waals surface area contributed by atoms with E-state index in [1.54, 1.807) is 0 Å². The summed E-state index contributed by atoms with van der Waals surface area (Å²) in [5.74, 6) is -16.9. The van der Waals surface area contributed by atoms with Gasteiger partial charge in [0.05, 0.1) is 25.0 Å².